The van der Waals surface area contributed by atoms with Gasteiger partial charge >= 0.3 is 0 Å². The Morgan fingerprint density at radius 3 is 2.56 bits per heavy atom. The lowest BCUT2D eigenvalue weighted by Gasteiger charge is -2.36. The number of hydrogen-bond donors (Lipinski definition) is 0. The Hall–Kier alpha value is -2.51. The molecule has 2 aliphatic heterocycles. The van der Waals surface area contributed by atoms with Crippen molar-refractivity contribution in [3.05, 3.63) is 50.8 Å². The first-order valence-corrected chi connectivity index (χ1v) is 14.2. The smallest absolute Gasteiger partial charge is 0.263 e. The Bertz CT molecular complexity index is 1460. The summed E-state index contributed by atoms with van der Waals surface area (Å²) in [7, 11) is -3.90. The number of halogens is 1. The zero-order chi connectivity index (χ0) is 25.4. The molecule has 192 valence electrons. The molecule has 0 atom stereocenters. The SMILES string of the molecule is Cc1sc2ncn(CC(=O)N3CCN(c4cccc(Cl)c4)CC3)c(=O)c2c1S(=O)(=O)N1CCOCC1. The molecule has 13 heteroatoms. The van der Waals surface area contributed by atoms with Gasteiger partial charge in [0.05, 0.1) is 24.9 Å². The minimum atomic E-state index is -3.90. The van der Waals surface area contributed by atoms with Crippen molar-refractivity contribution in [2.75, 3.05) is 57.4 Å². The summed E-state index contributed by atoms with van der Waals surface area (Å²) in [5.74, 6) is -0.214. The van der Waals surface area contributed by atoms with Crippen molar-refractivity contribution in [2.24, 2.45) is 0 Å². The van der Waals surface area contributed by atoms with Gasteiger partial charge in [-0.25, -0.2) is 13.4 Å². The fraction of sp³-hybridized carbons (Fsp3) is 0.435. The lowest BCUT2D eigenvalue weighted by molar-refractivity contribution is -0.132. The van der Waals surface area contributed by atoms with E-state index in [1.165, 1.54) is 26.5 Å². The molecule has 2 fully saturated rings. The third kappa shape index (κ3) is 4.75. The summed E-state index contributed by atoms with van der Waals surface area (Å²) >= 11 is 7.27. The van der Waals surface area contributed by atoms with E-state index in [0.717, 1.165) is 5.69 Å². The molecule has 0 spiro atoms. The van der Waals surface area contributed by atoms with Gasteiger partial charge in [-0.3, -0.25) is 14.2 Å². The molecule has 4 heterocycles. The number of sulfonamides is 1. The molecule has 10 nitrogen and oxygen atoms in total. The number of carbonyl (C=O) groups is 1. The second-order valence-electron chi connectivity index (χ2n) is 8.71. The van der Waals surface area contributed by atoms with Crippen LogP contribution in [-0.2, 0) is 26.1 Å². The number of benzene rings is 1. The Labute approximate surface area is 217 Å². The first kappa shape index (κ1) is 25.2. The van der Waals surface area contributed by atoms with Crippen LogP contribution in [-0.4, -0.2) is 85.6 Å². The number of ether oxygens (including phenoxy) is 1. The molecule has 0 unspecified atom stereocenters. The predicted octanol–water partition coefficient (Wildman–Crippen LogP) is 1.79. The number of carbonyl (C=O) groups excluding carboxylic acids is 1. The van der Waals surface area contributed by atoms with Crippen LogP contribution in [0.25, 0.3) is 10.2 Å². The van der Waals surface area contributed by atoms with E-state index >= 15 is 0 Å². The van der Waals surface area contributed by atoms with Crippen LogP contribution in [0.5, 0.6) is 0 Å². The number of rotatable bonds is 5. The summed E-state index contributed by atoms with van der Waals surface area (Å²) in [6.07, 6.45) is 1.33. The zero-order valence-corrected chi connectivity index (χ0v) is 22.1. The van der Waals surface area contributed by atoms with Gasteiger partial charge in [-0.2, -0.15) is 4.31 Å². The number of anilines is 1. The number of morpholine rings is 1. The van der Waals surface area contributed by atoms with E-state index in [1.807, 2.05) is 24.3 Å². The van der Waals surface area contributed by atoms with Crippen molar-refractivity contribution < 1.29 is 17.9 Å². The Morgan fingerprint density at radius 2 is 1.86 bits per heavy atom. The summed E-state index contributed by atoms with van der Waals surface area (Å²) in [5, 5.41) is 0.706. The van der Waals surface area contributed by atoms with E-state index in [9.17, 15) is 18.0 Å². The normalized spacial score (nSPS) is 17.6. The van der Waals surface area contributed by atoms with Crippen LogP contribution in [0.1, 0.15) is 4.88 Å². The zero-order valence-electron chi connectivity index (χ0n) is 19.7. The van der Waals surface area contributed by atoms with Gasteiger partial charge in [-0.15, -0.1) is 11.3 Å². The van der Waals surface area contributed by atoms with Crippen LogP contribution in [0.15, 0.2) is 40.3 Å². The minimum absolute atomic E-state index is 0.0150. The number of aromatic nitrogens is 2. The third-order valence-electron chi connectivity index (χ3n) is 6.48. The maximum atomic E-state index is 13.4. The molecule has 0 radical (unpaired) electrons. The standard InChI is InChI=1S/C23H26ClN5O5S2/c1-16-21(36(32,33)29-9-11-34-12-10-29)20-22(35-16)25-15-28(23(20)31)14-19(30)27-7-5-26(6-8-27)18-4-2-3-17(24)13-18/h2-4,13,15H,5-12,14H2,1H3. The summed E-state index contributed by atoms with van der Waals surface area (Å²) in [4.78, 5) is 35.5. The first-order valence-electron chi connectivity index (χ1n) is 11.6. The number of hydrogen-bond acceptors (Lipinski definition) is 8. The van der Waals surface area contributed by atoms with Gasteiger partial charge in [0.1, 0.15) is 16.3 Å². The molecule has 1 aromatic carbocycles. The number of thiophene rings is 1. The molecule has 36 heavy (non-hydrogen) atoms. The second kappa shape index (κ2) is 10.1. The van der Waals surface area contributed by atoms with Gasteiger partial charge in [0.15, 0.2) is 0 Å². The molecule has 0 bridgehead atoms. The average molecular weight is 552 g/mol. The first-order chi connectivity index (χ1) is 17.3. The number of nitrogens with zero attached hydrogens (tertiary/aromatic N) is 5. The third-order valence-corrected chi connectivity index (χ3v) is 9.93. The van der Waals surface area contributed by atoms with Gasteiger partial charge in [0, 0.05) is 54.9 Å². The van der Waals surface area contributed by atoms with Gasteiger partial charge < -0.3 is 14.5 Å². The molecule has 0 saturated carbocycles. The number of fused-ring (bicyclic) bond motifs is 1. The molecule has 3 aromatic rings. The van der Waals surface area contributed by atoms with Crippen molar-refractivity contribution in [1.82, 2.24) is 18.8 Å². The van der Waals surface area contributed by atoms with Crippen molar-refractivity contribution in [1.29, 1.82) is 0 Å². The lowest BCUT2D eigenvalue weighted by Crippen LogP contribution is -2.50. The summed E-state index contributed by atoms with van der Waals surface area (Å²) < 4.78 is 34.6. The monoisotopic (exact) mass is 551 g/mol. The fourth-order valence-electron chi connectivity index (χ4n) is 4.59. The fourth-order valence-corrected chi connectivity index (χ4v) is 7.84. The summed E-state index contributed by atoms with van der Waals surface area (Å²) in [6, 6.07) is 7.59. The van der Waals surface area contributed by atoms with Gasteiger partial charge in [-0.1, -0.05) is 17.7 Å². The molecule has 5 rings (SSSR count). The molecule has 2 aromatic heterocycles. The number of piperazine rings is 1. The highest BCUT2D eigenvalue weighted by atomic mass is 35.5. The van der Waals surface area contributed by atoms with Gasteiger partial charge in [0.2, 0.25) is 15.9 Å². The molecular weight excluding hydrogens is 526 g/mol. The van der Waals surface area contributed by atoms with E-state index in [0.29, 0.717) is 54.1 Å². The quantitative estimate of drug-likeness (QED) is 0.476. The molecule has 0 N–H and O–H groups in total. The maximum Gasteiger partial charge on any atom is 0.263 e. The highest BCUT2D eigenvalue weighted by molar-refractivity contribution is 7.89. The van der Waals surface area contributed by atoms with Crippen molar-refractivity contribution in [2.45, 2.75) is 18.4 Å². The summed E-state index contributed by atoms with van der Waals surface area (Å²) in [6.45, 7) is 4.84. The van der Waals surface area contributed by atoms with E-state index < -0.39 is 15.6 Å². The number of amides is 1. The Kier molecular flexibility index (Phi) is 7.05. The lowest BCUT2D eigenvalue weighted by atomic mass is 10.2. The number of aryl methyl sites for hydroxylation is 1. The van der Waals surface area contributed by atoms with Crippen LogP contribution in [0.2, 0.25) is 5.02 Å². The molecular formula is C23H26ClN5O5S2. The van der Waals surface area contributed by atoms with Gasteiger partial charge in [-0.05, 0) is 25.1 Å². The van der Waals surface area contributed by atoms with E-state index in [4.69, 9.17) is 16.3 Å². The van der Waals surface area contributed by atoms with E-state index in [1.54, 1.807) is 11.8 Å². The minimum Gasteiger partial charge on any atom is -0.379 e. The second-order valence-corrected chi connectivity index (χ2v) is 12.2. The predicted molar refractivity (Wildman–Crippen MR) is 138 cm³/mol. The van der Waals surface area contributed by atoms with Crippen molar-refractivity contribution in [3.8, 4) is 0 Å². The van der Waals surface area contributed by atoms with Gasteiger partial charge in [0.25, 0.3) is 5.56 Å². The highest BCUT2D eigenvalue weighted by Crippen LogP contribution is 2.33. The molecule has 2 saturated heterocycles. The average Bonchev–Trinajstić information content (AvgIpc) is 3.24. The van der Waals surface area contributed by atoms with Crippen LogP contribution >= 0.6 is 22.9 Å². The van der Waals surface area contributed by atoms with Crippen molar-refractivity contribution in [3.63, 3.8) is 0 Å². The van der Waals surface area contributed by atoms with Crippen LogP contribution in [0, 0.1) is 6.92 Å². The molecule has 2 aliphatic rings. The van der Waals surface area contributed by atoms with Crippen molar-refractivity contribution >= 4 is 54.8 Å². The van der Waals surface area contributed by atoms with Crippen LogP contribution in [0.4, 0.5) is 5.69 Å². The Balaban J connectivity index is 1.36. The van der Waals surface area contributed by atoms with E-state index in [-0.39, 0.29) is 35.8 Å². The highest BCUT2D eigenvalue weighted by Gasteiger charge is 2.33. The van der Waals surface area contributed by atoms with Crippen LogP contribution in [0.3, 0.4) is 0 Å². The summed E-state index contributed by atoms with van der Waals surface area (Å²) in [5.41, 5.74) is 0.476. The Morgan fingerprint density at radius 1 is 1.14 bits per heavy atom. The van der Waals surface area contributed by atoms with E-state index in [2.05, 4.69) is 9.88 Å². The largest absolute Gasteiger partial charge is 0.379 e. The molecule has 1 amide bonds. The maximum absolute atomic E-state index is 13.4. The molecule has 0 aliphatic carbocycles. The topological polar surface area (TPSA) is 105 Å². The van der Waals surface area contributed by atoms with Crippen LogP contribution < -0.4 is 10.5 Å².